The van der Waals surface area contributed by atoms with Crippen molar-refractivity contribution in [1.82, 2.24) is 30.6 Å². The summed E-state index contributed by atoms with van der Waals surface area (Å²) < 4.78 is 32.6. The molecule has 1 amide bonds. The normalized spacial score (nSPS) is 25.4. The minimum absolute atomic E-state index is 0.167. The molecule has 4 heterocycles. The summed E-state index contributed by atoms with van der Waals surface area (Å²) >= 11 is 1.55. The van der Waals surface area contributed by atoms with E-state index in [1.54, 1.807) is 50.8 Å². The number of hydrogen-bond acceptors (Lipinski definition) is 12. The minimum Gasteiger partial charge on any atom is -0.494 e. The van der Waals surface area contributed by atoms with E-state index in [0.717, 1.165) is 20.8 Å². The first-order chi connectivity index (χ1) is 21.0. The fraction of sp³-hybridized carbons (Fsp3) is 0.467. The maximum atomic E-state index is 12.6. The van der Waals surface area contributed by atoms with Crippen LogP contribution in [0.1, 0.15) is 55.4 Å². The summed E-state index contributed by atoms with van der Waals surface area (Å²) in [6, 6.07) is 12.4. The van der Waals surface area contributed by atoms with Crippen LogP contribution >= 0.6 is 11.3 Å². The highest BCUT2D eigenvalue weighted by Gasteiger charge is 2.51. The smallest absolute Gasteiger partial charge is 0.422 e. The van der Waals surface area contributed by atoms with Crippen LogP contribution in [0.25, 0.3) is 15.9 Å². The lowest BCUT2D eigenvalue weighted by Crippen LogP contribution is -2.66. The Balaban J connectivity index is 1.35. The van der Waals surface area contributed by atoms with Crippen molar-refractivity contribution >= 4 is 27.6 Å². The lowest BCUT2D eigenvalue weighted by atomic mass is 9.91. The number of rotatable bonds is 6. The largest absolute Gasteiger partial charge is 0.494 e. The minimum atomic E-state index is -1.25. The van der Waals surface area contributed by atoms with E-state index >= 15 is 0 Å². The SMILES string of the molecule is COc1cc2nc(C)sc2cc1-n1nc(C)nc1[C@@H]1O[C@@H]2COC(c3ccccc3)O[C@@H]2[C@H](NNC(=O)OC(C)(C)C)[C@H]1O. The molecule has 0 saturated carbocycles. The van der Waals surface area contributed by atoms with Crippen molar-refractivity contribution in [3.8, 4) is 11.4 Å². The van der Waals surface area contributed by atoms with Gasteiger partial charge < -0.3 is 28.8 Å². The van der Waals surface area contributed by atoms with E-state index in [4.69, 9.17) is 23.7 Å². The number of aliphatic hydroxyl groups is 1. The summed E-state index contributed by atoms with van der Waals surface area (Å²) in [7, 11) is 1.58. The van der Waals surface area contributed by atoms with Gasteiger partial charge in [-0.15, -0.1) is 11.3 Å². The molecular formula is C30H36N6O7S. The fourth-order valence-corrected chi connectivity index (χ4v) is 6.27. The summed E-state index contributed by atoms with van der Waals surface area (Å²) in [5.41, 5.74) is 7.06. The number of aliphatic hydroxyl groups excluding tert-OH is 1. The Labute approximate surface area is 258 Å². The van der Waals surface area contributed by atoms with E-state index in [1.165, 1.54) is 0 Å². The zero-order chi connectivity index (χ0) is 31.2. The highest BCUT2D eigenvalue weighted by molar-refractivity contribution is 7.18. The van der Waals surface area contributed by atoms with Crippen LogP contribution in [0.4, 0.5) is 4.79 Å². The lowest BCUT2D eigenvalue weighted by molar-refractivity contribution is -0.313. The number of benzene rings is 2. The van der Waals surface area contributed by atoms with Gasteiger partial charge in [-0.2, -0.15) is 5.10 Å². The van der Waals surface area contributed by atoms with E-state index in [1.807, 2.05) is 49.4 Å². The van der Waals surface area contributed by atoms with Gasteiger partial charge in [-0.3, -0.25) is 5.43 Å². The molecule has 2 saturated heterocycles. The van der Waals surface area contributed by atoms with Crippen LogP contribution in [-0.2, 0) is 18.9 Å². The van der Waals surface area contributed by atoms with Crippen LogP contribution in [0.3, 0.4) is 0 Å². The van der Waals surface area contributed by atoms with Gasteiger partial charge in [0, 0.05) is 11.6 Å². The first-order valence-electron chi connectivity index (χ1n) is 14.3. The molecule has 13 nitrogen and oxygen atoms in total. The summed E-state index contributed by atoms with van der Waals surface area (Å²) in [5, 5.41) is 17.5. The molecule has 1 unspecified atom stereocenters. The van der Waals surface area contributed by atoms with Gasteiger partial charge in [-0.25, -0.2) is 24.9 Å². The average Bonchev–Trinajstić information content (AvgIpc) is 3.55. The Morgan fingerprint density at radius 2 is 1.91 bits per heavy atom. The van der Waals surface area contributed by atoms with Crippen molar-refractivity contribution in [3.05, 3.63) is 64.7 Å². The van der Waals surface area contributed by atoms with Crippen molar-refractivity contribution in [1.29, 1.82) is 0 Å². The van der Waals surface area contributed by atoms with Gasteiger partial charge in [0.15, 0.2) is 12.1 Å². The van der Waals surface area contributed by atoms with Gasteiger partial charge >= 0.3 is 6.09 Å². The molecule has 44 heavy (non-hydrogen) atoms. The van der Waals surface area contributed by atoms with Crippen LogP contribution in [0.5, 0.6) is 5.75 Å². The van der Waals surface area contributed by atoms with Gasteiger partial charge in [-0.05, 0) is 40.7 Å². The molecule has 6 atom stereocenters. The average molecular weight is 625 g/mol. The maximum absolute atomic E-state index is 12.6. The number of hydrazine groups is 1. The second kappa shape index (κ2) is 12.0. The van der Waals surface area contributed by atoms with Gasteiger partial charge in [0.05, 0.1) is 35.0 Å². The fourth-order valence-electron chi connectivity index (χ4n) is 5.42. The van der Waals surface area contributed by atoms with Crippen LogP contribution in [0.2, 0.25) is 0 Å². The van der Waals surface area contributed by atoms with Crippen LogP contribution in [0, 0.1) is 13.8 Å². The van der Waals surface area contributed by atoms with Crippen LogP contribution in [-0.4, -0.2) is 74.6 Å². The number of amides is 1. The highest BCUT2D eigenvalue weighted by Crippen LogP contribution is 2.40. The van der Waals surface area contributed by atoms with E-state index < -0.39 is 48.4 Å². The van der Waals surface area contributed by atoms with Gasteiger partial charge in [0.25, 0.3) is 0 Å². The molecule has 0 radical (unpaired) electrons. The number of ether oxygens (including phenoxy) is 5. The molecule has 4 aromatic rings. The molecule has 14 heteroatoms. The Morgan fingerprint density at radius 1 is 1.14 bits per heavy atom. The zero-order valence-corrected chi connectivity index (χ0v) is 26.1. The zero-order valence-electron chi connectivity index (χ0n) is 25.3. The summed E-state index contributed by atoms with van der Waals surface area (Å²) in [6.45, 7) is 9.17. The number of nitrogens with zero attached hydrogens (tertiary/aromatic N) is 4. The van der Waals surface area contributed by atoms with Gasteiger partial charge in [0.2, 0.25) is 0 Å². The Morgan fingerprint density at radius 3 is 2.64 bits per heavy atom. The van der Waals surface area contributed by atoms with Crippen molar-refractivity contribution in [2.75, 3.05) is 13.7 Å². The number of aromatic nitrogens is 4. The first-order valence-corrected chi connectivity index (χ1v) is 15.1. The molecule has 2 fully saturated rings. The first kappa shape index (κ1) is 30.4. The monoisotopic (exact) mass is 624 g/mol. The molecule has 234 valence electrons. The molecule has 0 spiro atoms. The maximum Gasteiger partial charge on any atom is 0.422 e. The third-order valence-corrected chi connectivity index (χ3v) is 8.17. The Bertz CT molecular complexity index is 1640. The third kappa shape index (κ3) is 6.14. The quantitative estimate of drug-likeness (QED) is 0.269. The van der Waals surface area contributed by atoms with Crippen molar-refractivity contribution in [3.63, 3.8) is 0 Å². The van der Waals surface area contributed by atoms with Crippen LogP contribution < -0.4 is 15.6 Å². The number of carbonyl (C=O) groups is 1. The van der Waals surface area contributed by atoms with Gasteiger partial charge in [0.1, 0.15) is 47.3 Å². The molecule has 2 aliphatic heterocycles. The Hall–Kier alpha value is -3.66. The summed E-state index contributed by atoms with van der Waals surface area (Å²) in [5.74, 6) is 1.35. The second-order valence-electron chi connectivity index (χ2n) is 11.7. The molecule has 0 bridgehead atoms. The van der Waals surface area contributed by atoms with Crippen molar-refractivity contribution < 1.29 is 33.6 Å². The highest BCUT2D eigenvalue weighted by atomic mass is 32.1. The topological polar surface area (TPSA) is 151 Å². The van der Waals surface area contributed by atoms with Crippen molar-refractivity contribution in [2.24, 2.45) is 0 Å². The molecule has 2 aliphatic rings. The number of aryl methyl sites for hydroxylation is 2. The number of carbonyl (C=O) groups excluding carboxylic acids is 1. The molecule has 2 aromatic carbocycles. The molecular weight excluding hydrogens is 588 g/mol. The second-order valence-corrected chi connectivity index (χ2v) is 12.9. The standard InChI is InChI=1S/C30H36N6O7S/c1-15-31-27(36(35-15)19-13-22-18(12-20(19)39-6)32-16(2)44-22)26-24(37)23(33-34-29(38)43-30(3,4)5)25-21(41-26)14-40-28(42-25)17-10-8-7-9-11-17/h7-13,21,23-26,28,33,37H,14H2,1-6H3,(H,34,38)/t21-,23-,24-,25+,26-,28?/m1/s1. The summed E-state index contributed by atoms with van der Waals surface area (Å²) in [4.78, 5) is 21.9. The van der Waals surface area contributed by atoms with E-state index in [0.29, 0.717) is 23.1 Å². The number of fused-ring (bicyclic) bond motifs is 2. The lowest BCUT2D eigenvalue weighted by Gasteiger charge is -2.48. The predicted molar refractivity (Wildman–Crippen MR) is 160 cm³/mol. The van der Waals surface area contributed by atoms with E-state index in [9.17, 15) is 9.90 Å². The molecule has 2 aromatic heterocycles. The van der Waals surface area contributed by atoms with Crippen molar-refractivity contribution in [2.45, 2.75) is 77.0 Å². The number of hydrogen-bond donors (Lipinski definition) is 3. The molecule has 0 aliphatic carbocycles. The van der Waals surface area contributed by atoms with E-state index in [2.05, 4.69) is 25.9 Å². The third-order valence-electron chi connectivity index (χ3n) is 7.24. The van der Waals surface area contributed by atoms with Gasteiger partial charge in [-0.1, -0.05) is 30.3 Å². The van der Waals surface area contributed by atoms with Crippen LogP contribution in [0.15, 0.2) is 42.5 Å². The van der Waals surface area contributed by atoms with E-state index in [-0.39, 0.29) is 6.61 Å². The molecule has 6 rings (SSSR count). The Kier molecular flexibility index (Phi) is 8.30. The number of thiazole rings is 1. The molecule has 3 N–H and O–H groups in total. The number of nitrogens with one attached hydrogen (secondary N) is 2. The number of methoxy groups -OCH3 is 1. The summed E-state index contributed by atoms with van der Waals surface area (Å²) in [6.07, 6.45) is -4.96. The predicted octanol–water partition coefficient (Wildman–Crippen LogP) is 3.82.